The van der Waals surface area contributed by atoms with Gasteiger partial charge < -0.3 is 5.32 Å². The summed E-state index contributed by atoms with van der Waals surface area (Å²) in [7, 11) is 0. The van der Waals surface area contributed by atoms with Crippen LogP contribution in [-0.2, 0) is 0 Å². The largest absolute Gasteiger partial charge is 0.319 e. The number of benzene rings is 1. The summed E-state index contributed by atoms with van der Waals surface area (Å²) < 4.78 is 1.55. The summed E-state index contributed by atoms with van der Waals surface area (Å²) in [5.74, 6) is -0.405. The van der Waals surface area contributed by atoms with Gasteiger partial charge in [-0.15, -0.1) is 0 Å². The molecule has 3 rings (SSSR count). The Bertz CT molecular complexity index is 774. The van der Waals surface area contributed by atoms with E-state index in [1.165, 1.54) is 18.7 Å². The van der Waals surface area contributed by atoms with E-state index in [1.54, 1.807) is 23.1 Å². The van der Waals surface area contributed by atoms with E-state index >= 15 is 0 Å². The lowest BCUT2D eigenvalue weighted by atomic mass is 10.2. The highest BCUT2D eigenvalue weighted by Crippen LogP contribution is 2.19. The molecule has 0 unspecified atom stereocenters. The minimum absolute atomic E-state index is 0.135. The molecule has 21 heavy (non-hydrogen) atoms. The van der Waals surface area contributed by atoms with Gasteiger partial charge >= 0.3 is 0 Å². The molecule has 0 saturated carbocycles. The first kappa shape index (κ1) is 13.2. The Hall–Kier alpha value is -2.80. The van der Waals surface area contributed by atoms with E-state index in [-0.39, 0.29) is 10.8 Å². The van der Waals surface area contributed by atoms with Crippen molar-refractivity contribution in [1.82, 2.24) is 24.7 Å². The van der Waals surface area contributed by atoms with Crippen LogP contribution in [0.3, 0.4) is 0 Å². The van der Waals surface area contributed by atoms with Crippen LogP contribution < -0.4 is 5.32 Å². The molecule has 8 heteroatoms. The Morgan fingerprint density at radius 3 is 2.81 bits per heavy atom. The third-order valence-electron chi connectivity index (χ3n) is 2.66. The van der Waals surface area contributed by atoms with Gasteiger partial charge in [-0.25, -0.2) is 14.6 Å². The monoisotopic (exact) mass is 300 g/mol. The fourth-order valence-electron chi connectivity index (χ4n) is 1.75. The molecule has 3 aromatic rings. The molecule has 0 aliphatic heterocycles. The predicted octanol–water partition coefficient (Wildman–Crippen LogP) is 1.96. The number of nitrogens with zero attached hydrogens (tertiary/aromatic N) is 5. The molecule has 104 valence electrons. The minimum Gasteiger partial charge on any atom is -0.319 e. The molecule has 1 aromatic carbocycles. The fourth-order valence-corrected chi connectivity index (χ4v) is 1.90. The molecule has 0 aliphatic carbocycles. The number of hydrogen-bond donors (Lipinski definition) is 1. The molecule has 0 radical (unpaired) electrons. The topological polar surface area (TPSA) is 85.6 Å². The van der Waals surface area contributed by atoms with Crippen molar-refractivity contribution in [3.8, 4) is 5.69 Å². The van der Waals surface area contributed by atoms with Gasteiger partial charge in [0.2, 0.25) is 0 Å². The second-order valence-electron chi connectivity index (χ2n) is 4.04. The number of anilines is 1. The smallest absolute Gasteiger partial charge is 0.275 e. The predicted molar refractivity (Wildman–Crippen MR) is 76.4 cm³/mol. The lowest BCUT2D eigenvalue weighted by molar-refractivity contribution is 0.102. The number of carbonyl (C=O) groups is 1. The molecule has 2 heterocycles. The first-order valence-corrected chi connectivity index (χ1v) is 6.35. The van der Waals surface area contributed by atoms with E-state index in [4.69, 9.17) is 11.6 Å². The van der Waals surface area contributed by atoms with Gasteiger partial charge in [0.1, 0.15) is 23.5 Å². The van der Waals surface area contributed by atoms with Crippen LogP contribution in [0.4, 0.5) is 5.69 Å². The van der Waals surface area contributed by atoms with E-state index < -0.39 is 5.91 Å². The summed E-state index contributed by atoms with van der Waals surface area (Å²) in [6.45, 7) is 0. The zero-order chi connectivity index (χ0) is 14.7. The summed E-state index contributed by atoms with van der Waals surface area (Å²) in [4.78, 5) is 23.8. The average molecular weight is 301 g/mol. The van der Waals surface area contributed by atoms with Crippen LogP contribution in [0, 0.1) is 0 Å². The first-order valence-electron chi connectivity index (χ1n) is 5.97. The van der Waals surface area contributed by atoms with Crippen LogP contribution in [0.2, 0.25) is 5.15 Å². The summed E-state index contributed by atoms with van der Waals surface area (Å²) in [5, 5.41) is 6.96. The Kier molecular flexibility index (Phi) is 3.57. The molecule has 0 spiro atoms. The highest BCUT2D eigenvalue weighted by molar-refractivity contribution is 6.29. The van der Waals surface area contributed by atoms with E-state index in [0.29, 0.717) is 11.4 Å². The molecule has 0 aliphatic rings. The second-order valence-corrected chi connectivity index (χ2v) is 4.43. The normalized spacial score (nSPS) is 10.3. The van der Waals surface area contributed by atoms with Crippen molar-refractivity contribution < 1.29 is 4.79 Å². The van der Waals surface area contributed by atoms with Crippen LogP contribution in [0.1, 0.15) is 10.5 Å². The number of halogens is 1. The van der Waals surface area contributed by atoms with E-state index in [9.17, 15) is 4.79 Å². The first-order chi connectivity index (χ1) is 10.2. The number of nitrogens with one attached hydrogen (secondary N) is 1. The summed E-state index contributed by atoms with van der Waals surface area (Å²) in [5.41, 5.74) is 1.41. The van der Waals surface area contributed by atoms with Crippen molar-refractivity contribution in [3.05, 3.63) is 60.2 Å². The number of amides is 1. The standard InChI is InChI=1S/C13H9ClN6O/c14-12-6-15-5-10(18-12)13(21)19-9-3-1-2-4-11(9)20-8-16-7-17-20/h1-8H,(H,19,21). The number of rotatable bonds is 3. The van der Waals surface area contributed by atoms with Gasteiger partial charge in [0.05, 0.1) is 23.8 Å². The minimum atomic E-state index is -0.405. The fraction of sp³-hybridized carbons (Fsp3) is 0. The Balaban J connectivity index is 1.90. The second kappa shape index (κ2) is 5.68. The van der Waals surface area contributed by atoms with Gasteiger partial charge in [0.15, 0.2) is 0 Å². The molecular formula is C13H9ClN6O. The van der Waals surface area contributed by atoms with Crippen LogP contribution in [0.25, 0.3) is 5.69 Å². The SMILES string of the molecule is O=C(Nc1ccccc1-n1cncn1)c1cncc(Cl)n1. The maximum atomic E-state index is 12.2. The average Bonchev–Trinajstić information content (AvgIpc) is 3.02. The van der Waals surface area contributed by atoms with Crippen LogP contribution >= 0.6 is 11.6 Å². The lowest BCUT2D eigenvalue weighted by Crippen LogP contribution is -2.15. The maximum Gasteiger partial charge on any atom is 0.275 e. The molecule has 7 nitrogen and oxygen atoms in total. The Morgan fingerprint density at radius 2 is 2.05 bits per heavy atom. The number of carbonyl (C=O) groups excluding carboxylic acids is 1. The molecule has 0 bridgehead atoms. The zero-order valence-corrected chi connectivity index (χ0v) is 11.4. The van der Waals surface area contributed by atoms with Gasteiger partial charge in [0, 0.05) is 0 Å². The third-order valence-corrected chi connectivity index (χ3v) is 2.84. The quantitative estimate of drug-likeness (QED) is 0.799. The third kappa shape index (κ3) is 2.87. The van der Waals surface area contributed by atoms with Crippen LogP contribution in [-0.4, -0.2) is 30.6 Å². The van der Waals surface area contributed by atoms with Crippen molar-refractivity contribution in [3.63, 3.8) is 0 Å². The van der Waals surface area contributed by atoms with Crippen LogP contribution in [0.15, 0.2) is 49.3 Å². The summed E-state index contributed by atoms with van der Waals surface area (Å²) in [6.07, 6.45) is 5.67. The highest BCUT2D eigenvalue weighted by atomic mass is 35.5. The molecular weight excluding hydrogens is 292 g/mol. The van der Waals surface area contributed by atoms with Gasteiger partial charge in [-0.3, -0.25) is 9.78 Å². The maximum absolute atomic E-state index is 12.2. The van der Waals surface area contributed by atoms with Gasteiger partial charge in [-0.1, -0.05) is 23.7 Å². The molecule has 0 fully saturated rings. The van der Waals surface area contributed by atoms with Gasteiger partial charge in [-0.2, -0.15) is 5.10 Å². The highest BCUT2D eigenvalue weighted by Gasteiger charge is 2.12. The Labute approximate surface area is 124 Å². The van der Waals surface area contributed by atoms with Crippen molar-refractivity contribution in [2.24, 2.45) is 0 Å². The van der Waals surface area contributed by atoms with Crippen molar-refractivity contribution in [2.45, 2.75) is 0 Å². The van der Waals surface area contributed by atoms with Crippen molar-refractivity contribution >= 4 is 23.2 Å². The number of hydrogen-bond acceptors (Lipinski definition) is 5. The summed E-state index contributed by atoms with van der Waals surface area (Å²) >= 11 is 5.73. The lowest BCUT2D eigenvalue weighted by Gasteiger charge is -2.10. The van der Waals surface area contributed by atoms with E-state index in [1.807, 2.05) is 12.1 Å². The van der Waals surface area contributed by atoms with E-state index in [2.05, 4.69) is 25.4 Å². The number of para-hydroxylation sites is 2. The summed E-state index contributed by atoms with van der Waals surface area (Å²) in [6, 6.07) is 7.21. The van der Waals surface area contributed by atoms with Crippen molar-refractivity contribution in [1.29, 1.82) is 0 Å². The Morgan fingerprint density at radius 1 is 1.19 bits per heavy atom. The van der Waals surface area contributed by atoms with Gasteiger partial charge in [-0.05, 0) is 12.1 Å². The zero-order valence-electron chi connectivity index (χ0n) is 10.6. The number of aromatic nitrogens is 5. The molecule has 0 saturated heterocycles. The van der Waals surface area contributed by atoms with Crippen molar-refractivity contribution in [2.75, 3.05) is 5.32 Å². The molecule has 0 atom stereocenters. The van der Waals surface area contributed by atoms with Gasteiger partial charge in [0.25, 0.3) is 5.91 Å². The van der Waals surface area contributed by atoms with E-state index in [0.717, 1.165) is 0 Å². The van der Waals surface area contributed by atoms with Crippen LogP contribution in [0.5, 0.6) is 0 Å². The molecule has 2 aromatic heterocycles. The molecule has 1 N–H and O–H groups in total. The molecule has 1 amide bonds.